The first-order chi connectivity index (χ1) is 12.6. The molecule has 1 saturated carbocycles. The van der Waals surface area contributed by atoms with Crippen molar-refractivity contribution in [2.75, 3.05) is 33.4 Å². The van der Waals surface area contributed by atoms with E-state index in [9.17, 15) is 4.79 Å². The van der Waals surface area contributed by atoms with Crippen LogP contribution in [0.1, 0.15) is 48.0 Å². The molecule has 150 valence electrons. The Morgan fingerprint density at radius 1 is 1.19 bits per heavy atom. The summed E-state index contributed by atoms with van der Waals surface area (Å²) in [6.07, 6.45) is 5.88. The number of hydrogen-bond acceptors (Lipinski definition) is 4. The number of piperidine rings is 1. The van der Waals surface area contributed by atoms with Crippen molar-refractivity contribution in [3.63, 3.8) is 0 Å². The maximum atomic E-state index is 11.7. The van der Waals surface area contributed by atoms with Crippen molar-refractivity contribution in [3.8, 4) is 0 Å². The van der Waals surface area contributed by atoms with Crippen molar-refractivity contribution < 1.29 is 14.3 Å². The molecule has 0 spiro atoms. The van der Waals surface area contributed by atoms with Crippen molar-refractivity contribution in [3.05, 3.63) is 35.4 Å². The maximum Gasteiger partial charge on any atom is 0.248 e. The number of methoxy groups -OCH3 is 1. The lowest BCUT2D eigenvalue weighted by molar-refractivity contribution is -0.177. The fraction of sp³-hybridized carbons (Fsp3) is 0.667. The normalized spacial score (nSPS) is 31.9. The summed E-state index contributed by atoms with van der Waals surface area (Å²) < 4.78 is 11.9. The number of ether oxygens (including phenoxy) is 2. The van der Waals surface area contributed by atoms with Gasteiger partial charge in [0.1, 0.15) is 5.60 Å². The molecule has 2 bridgehead atoms. The second kappa shape index (κ2) is 8.48. The zero-order valence-corrected chi connectivity index (χ0v) is 16.9. The van der Waals surface area contributed by atoms with E-state index >= 15 is 0 Å². The van der Waals surface area contributed by atoms with Crippen LogP contribution in [-0.2, 0) is 15.1 Å². The van der Waals surface area contributed by atoms with Crippen LogP contribution >= 0.6 is 12.4 Å². The lowest BCUT2D eigenvalue weighted by atomic mass is 9.62. The van der Waals surface area contributed by atoms with Gasteiger partial charge in [0, 0.05) is 56.9 Å². The van der Waals surface area contributed by atoms with Gasteiger partial charge in [0.05, 0.1) is 0 Å². The molecule has 3 fully saturated rings. The maximum absolute atomic E-state index is 11.7. The van der Waals surface area contributed by atoms with Crippen LogP contribution in [0.2, 0.25) is 0 Å². The standard InChI is InChI=1S/C21H30N2O3.ClH/c1-25-21(16-5-2-4-15(12-16)20(22)24)17-6-3-7-18(21)14-23(13-17)19-8-10-26-11-9-19;/h2,4-5,12,17-19H,3,6-11,13-14H2,1H3,(H2,22,24);1H. The van der Waals surface area contributed by atoms with Crippen LogP contribution in [0.15, 0.2) is 24.3 Å². The highest BCUT2D eigenvalue weighted by molar-refractivity contribution is 5.92. The number of benzene rings is 1. The summed E-state index contributed by atoms with van der Waals surface area (Å²) >= 11 is 0. The monoisotopic (exact) mass is 394 g/mol. The second-order valence-electron chi connectivity index (χ2n) is 8.06. The number of halogens is 1. The van der Waals surface area contributed by atoms with Crippen LogP contribution in [0.25, 0.3) is 0 Å². The molecule has 3 aliphatic rings. The molecule has 2 atom stereocenters. The van der Waals surface area contributed by atoms with Crippen molar-refractivity contribution in [1.82, 2.24) is 4.90 Å². The number of likely N-dealkylation sites (tertiary alicyclic amines) is 1. The van der Waals surface area contributed by atoms with Crippen LogP contribution in [0, 0.1) is 11.8 Å². The molecule has 1 aromatic carbocycles. The molecule has 2 N–H and O–H groups in total. The van der Waals surface area contributed by atoms with Crippen LogP contribution in [0.3, 0.4) is 0 Å². The van der Waals surface area contributed by atoms with Gasteiger partial charge in [-0.15, -0.1) is 12.4 Å². The molecular formula is C21H31ClN2O3. The highest BCUT2D eigenvalue weighted by atomic mass is 35.5. The Labute approximate surface area is 168 Å². The summed E-state index contributed by atoms with van der Waals surface area (Å²) in [6, 6.07) is 8.45. The number of nitrogens with zero attached hydrogens (tertiary/aromatic N) is 1. The summed E-state index contributed by atoms with van der Waals surface area (Å²) in [5.41, 5.74) is 6.93. The van der Waals surface area contributed by atoms with Crippen molar-refractivity contribution in [1.29, 1.82) is 0 Å². The quantitative estimate of drug-likeness (QED) is 0.852. The average Bonchev–Trinajstić information content (AvgIpc) is 2.67. The molecule has 0 aromatic heterocycles. The zero-order valence-electron chi connectivity index (χ0n) is 16.1. The number of hydrogen-bond donors (Lipinski definition) is 1. The molecule has 5 nitrogen and oxygen atoms in total. The molecule has 6 heteroatoms. The van der Waals surface area contributed by atoms with E-state index in [-0.39, 0.29) is 23.9 Å². The average molecular weight is 395 g/mol. The molecular weight excluding hydrogens is 364 g/mol. The van der Waals surface area contributed by atoms with Crippen LogP contribution < -0.4 is 5.73 Å². The van der Waals surface area contributed by atoms with Crippen LogP contribution in [0.5, 0.6) is 0 Å². The number of nitrogens with two attached hydrogens (primary N) is 1. The van der Waals surface area contributed by atoms with Gasteiger partial charge in [0.15, 0.2) is 0 Å². The van der Waals surface area contributed by atoms with Gasteiger partial charge >= 0.3 is 0 Å². The molecule has 2 unspecified atom stereocenters. The van der Waals surface area contributed by atoms with E-state index in [4.69, 9.17) is 15.2 Å². The number of rotatable bonds is 4. The third kappa shape index (κ3) is 3.63. The molecule has 0 radical (unpaired) electrons. The molecule has 4 rings (SSSR count). The van der Waals surface area contributed by atoms with E-state index < -0.39 is 0 Å². The predicted molar refractivity (Wildman–Crippen MR) is 107 cm³/mol. The Balaban J connectivity index is 0.00000210. The van der Waals surface area contributed by atoms with Gasteiger partial charge in [-0.05, 0) is 43.4 Å². The largest absolute Gasteiger partial charge is 0.381 e. The lowest BCUT2D eigenvalue weighted by Crippen LogP contribution is -2.61. The summed E-state index contributed by atoms with van der Waals surface area (Å²) in [7, 11) is 1.84. The Hall–Kier alpha value is -1.14. The summed E-state index contributed by atoms with van der Waals surface area (Å²) in [6.45, 7) is 3.89. The van der Waals surface area contributed by atoms with E-state index in [1.54, 1.807) is 6.07 Å². The number of amides is 1. The Kier molecular flexibility index (Phi) is 6.46. The van der Waals surface area contributed by atoms with Gasteiger partial charge in [0.2, 0.25) is 5.91 Å². The van der Waals surface area contributed by atoms with Crippen molar-refractivity contribution >= 4 is 18.3 Å². The highest BCUT2D eigenvalue weighted by Gasteiger charge is 2.53. The fourth-order valence-electron chi connectivity index (χ4n) is 5.65. The van der Waals surface area contributed by atoms with Gasteiger partial charge in [-0.25, -0.2) is 0 Å². The summed E-state index contributed by atoms with van der Waals surface area (Å²) in [5.74, 6) is 0.528. The number of carbonyl (C=O) groups excluding carboxylic acids is 1. The van der Waals surface area contributed by atoms with Crippen LogP contribution in [0.4, 0.5) is 0 Å². The molecule has 2 saturated heterocycles. The first-order valence-corrected chi connectivity index (χ1v) is 9.92. The van der Waals surface area contributed by atoms with Crippen LogP contribution in [-0.4, -0.2) is 50.3 Å². The number of primary amides is 1. The number of carbonyl (C=O) groups is 1. The van der Waals surface area contributed by atoms with E-state index in [0.29, 0.717) is 23.4 Å². The third-order valence-corrected chi connectivity index (χ3v) is 6.87. The predicted octanol–water partition coefficient (Wildman–Crippen LogP) is 2.96. The number of fused-ring (bicyclic) bond motifs is 2. The second-order valence-corrected chi connectivity index (χ2v) is 8.06. The fourth-order valence-corrected chi connectivity index (χ4v) is 5.65. The first kappa shape index (κ1) is 20.6. The summed E-state index contributed by atoms with van der Waals surface area (Å²) in [4.78, 5) is 14.4. The first-order valence-electron chi connectivity index (χ1n) is 9.92. The summed E-state index contributed by atoms with van der Waals surface area (Å²) in [5, 5.41) is 0. The Morgan fingerprint density at radius 2 is 1.85 bits per heavy atom. The molecule has 27 heavy (non-hydrogen) atoms. The van der Waals surface area contributed by atoms with E-state index in [1.807, 2.05) is 19.2 Å². The van der Waals surface area contributed by atoms with Gasteiger partial charge in [0.25, 0.3) is 0 Å². The third-order valence-electron chi connectivity index (χ3n) is 6.87. The van der Waals surface area contributed by atoms with E-state index in [2.05, 4.69) is 11.0 Å². The zero-order chi connectivity index (χ0) is 18.1. The lowest BCUT2D eigenvalue weighted by Gasteiger charge is -2.57. The Morgan fingerprint density at radius 3 is 2.44 bits per heavy atom. The van der Waals surface area contributed by atoms with Gasteiger partial charge in [-0.3, -0.25) is 9.69 Å². The molecule has 1 aliphatic carbocycles. The van der Waals surface area contributed by atoms with Crippen molar-refractivity contribution in [2.24, 2.45) is 17.6 Å². The van der Waals surface area contributed by atoms with Gasteiger partial charge < -0.3 is 15.2 Å². The van der Waals surface area contributed by atoms with E-state index in [0.717, 1.165) is 44.7 Å². The smallest absolute Gasteiger partial charge is 0.248 e. The SMILES string of the molecule is COC1(c2cccc(C(N)=O)c2)C2CCCC1CN(C1CCOCC1)C2.Cl. The van der Waals surface area contributed by atoms with E-state index in [1.165, 1.54) is 19.3 Å². The topological polar surface area (TPSA) is 64.8 Å². The molecule has 1 amide bonds. The molecule has 1 aromatic rings. The highest BCUT2D eigenvalue weighted by Crippen LogP contribution is 2.52. The Bertz CT molecular complexity index is 649. The van der Waals surface area contributed by atoms with Gasteiger partial charge in [-0.1, -0.05) is 18.6 Å². The minimum absolute atomic E-state index is 0. The van der Waals surface area contributed by atoms with Crippen molar-refractivity contribution in [2.45, 2.75) is 43.7 Å². The molecule has 2 aliphatic heterocycles. The molecule has 2 heterocycles. The minimum atomic E-state index is -0.372. The minimum Gasteiger partial charge on any atom is -0.381 e. The van der Waals surface area contributed by atoms with Gasteiger partial charge in [-0.2, -0.15) is 0 Å².